The van der Waals surface area contributed by atoms with E-state index in [0.717, 1.165) is 34.4 Å². The Kier molecular flexibility index (Phi) is 5.70. The number of ether oxygens (including phenoxy) is 1. The first kappa shape index (κ1) is 19.6. The normalized spacial score (nSPS) is 10.7. The molecule has 30 heavy (non-hydrogen) atoms. The van der Waals surface area contributed by atoms with E-state index in [0.29, 0.717) is 18.0 Å². The summed E-state index contributed by atoms with van der Waals surface area (Å²) in [4.78, 5) is 21.5. The van der Waals surface area contributed by atoms with Gasteiger partial charge in [-0.05, 0) is 49.7 Å². The van der Waals surface area contributed by atoms with Crippen LogP contribution < -0.4 is 5.32 Å². The highest BCUT2D eigenvalue weighted by Crippen LogP contribution is 2.27. The van der Waals surface area contributed by atoms with Gasteiger partial charge in [-0.2, -0.15) is 0 Å². The highest BCUT2D eigenvalue weighted by atomic mass is 16.5. The third-order valence-electron chi connectivity index (χ3n) is 4.73. The average molecular weight is 397 g/mol. The van der Waals surface area contributed by atoms with Gasteiger partial charge >= 0.3 is 5.97 Å². The largest absolute Gasteiger partial charge is 0.462 e. The Bertz CT molecular complexity index is 1170. The van der Waals surface area contributed by atoms with Crippen LogP contribution in [0.2, 0.25) is 0 Å². The molecule has 0 atom stereocenters. The molecule has 0 saturated heterocycles. The number of carbonyl (C=O) groups excluding carboxylic acids is 1. The fraction of sp³-hybridized carbons (Fsp3) is 0.160. The van der Waals surface area contributed by atoms with E-state index >= 15 is 0 Å². The van der Waals surface area contributed by atoms with Crippen LogP contribution in [0.3, 0.4) is 0 Å². The van der Waals surface area contributed by atoms with Crippen LogP contribution in [0, 0.1) is 6.92 Å². The first-order valence-corrected chi connectivity index (χ1v) is 10.0. The van der Waals surface area contributed by atoms with Crippen molar-refractivity contribution < 1.29 is 9.53 Å². The number of hydrogen-bond acceptors (Lipinski definition) is 5. The fourth-order valence-corrected chi connectivity index (χ4v) is 3.11. The highest BCUT2D eigenvalue weighted by Gasteiger charge is 2.11. The summed E-state index contributed by atoms with van der Waals surface area (Å²) in [6.45, 7) is 4.45. The Morgan fingerprint density at radius 3 is 2.40 bits per heavy atom. The smallest absolute Gasteiger partial charge is 0.338 e. The van der Waals surface area contributed by atoms with Gasteiger partial charge < -0.3 is 10.1 Å². The summed E-state index contributed by atoms with van der Waals surface area (Å²) in [5, 5.41) is 4.30. The van der Waals surface area contributed by atoms with Crippen LogP contribution in [0.25, 0.3) is 22.3 Å². The van der Waals surface area contributed by atoms with Crippen LogP contribution in [-0.4, -0.2) is 22.5 Å². The lowest BCUT2D eigenvalue weighted by atomic mass is 10.1. The molecule has 0 bridgehead atoms. The molecule has 0 aliphatic heterocycles. The lowest BCUT2D eigenvalue weighted by Gasteiger charge is -2.12. The van der Waals surface area contributed by atoms with Crippen molar-refractivity contribution in [3.63, 3.8) is 0 Å². The van der Waals surface area contributed by atoms with Gasteiger partial charge in [-0.3, -0.25) is 0 Å². The van der Waals surface area contributed by atoms with Crippen molar-refractivity contribution >= 4 is 28.4 Å². The first-order valence-electron chi connectivity index (χ1n) is 10.0. The number of carbonyl (C=O) groups is 1. The van der Waals surface area contributed by atoms with Crippen LogP contribution in [0.4, 0.5) is 11.5 Å². The number of benzene rings is 3. The standard InChI is InChI=1S/C25H23N3O2/c1-3-16-30-25(29)19-12-14-20(15-13-19)26-24-21-6-4-5-7-22(21)27-23(28-24)18-10-8-17(2)9-11-18/h4-15H,3,16H2,1-2H3,(H,26,27,28). The van der Waals surface area contributed by atoms with Gasteiger partial charge in [-0.15, -0.1) is 0 Å². The minimum Gasteiger partial charge on any atom is -0.462 e. The van der Waals surface area contributed by atoms with Gasteiger partial charge in [0.15, 0.2) is 5.82 Å². The Labute approximate surface area is 175 Å². The molecular formula is C25H23N3O2. The van der Waals surface area contributed by atoms with E-state index in [4.69, 9.17) is 14.7 Å². The number of para-hydroxylation sites is 1. The van der Waals surface area contributed by atoms with E-state index in [9.17, 15) is 4.79 Å². The zero-order chi connectivity index (χ0) is 20.9. The van der Waals surface area contributed by atoms with Gasteiger partial charge in [-0.1, -0.05) is 48.9 Å². The number of aromatic nitrogens is 2. The topological polar surface area (TPSA) is 64.1 Å². The number of anilines is 2. The zero-order valence-corrected chi connectivity index (χ0v) is 17.1. The minimum atomic E-state index is -0.308. The molecule has 1 aromatic heterocycles. The van der Waals surface area contributed by atoms with Crippen LogP contribution >= 0.6 is 0 Å². The van der Waals surface area contributed by atoms with Gasteiger partial charge in [0, 0.05) is 16.6 Å². The Morgan fingerprint density at radius 1 is 0.933 bits per heavy atom. The second kappa shape index (κ2) is 8.74. The number of fused-ring (bicyclic) bond motifs is 1. The fourth-order valence-electron chi connectivity index (χ4n) is 3.11. The Hall–Kier alpha value is -3.73. The molecule has 0 amide bonds. The molecule has 0 aliphatic rings. The van der Waals surface area contributed by atoms with E-state index in [-0.39, 0.29) is 5.97 Å². The maximum atomic E-state index is 12.0. The van der Waals surface area contributed by atoms with Crippen molar-refractivity contribution in [1.82, 2.24) is 9.97 Å². The van der Waals surface area contributed by atoms with Crippen LogP contribution in [-0.2, 0) is 4.74 Å². The number of aryl methyl sites for hydroxylation is 1. The maximum absolute atomic E-state index is 12.0. The molecule has 0 saturated carbocycles. The summed E-state index contributed by atoms with van der Waals surface area (Å²) in [7, 11) is 0. The third-order valence-corrected chi connectivity index (χ3v) is 4.73. The summed E-state index contributed by atoms with van der Waals surface area (Å²) >= 11 is 0. The van der Waals surface area contributed by atoms with Gasteiger partial charge in [-0.25, -0.2) is 14.8 Å². The molecule has 150 valence electrons. The van der Waals surface area contributed by atoms with Crippen molar-refractivity contribution in [3.8, 4) is 11.4 Å². The highest BCUT2D eigenvalue weighted by molar-refractivity contribution is 5.93. The van der Waals surface area contributed by atoms with E-state index < -0.39 is 0 Å². The quantitative estimate of drug-likeness (QED) is 0.409. The molecule has 5 nitrogen and oxygen atoms in total. The number of nitrogens with zero attached hydrogens (tertiary/aromatic N) is 2. The molecule has 1 N–H and O–H groups in total. The number of hydrogen-bond donors (Lipinski definition) is 1. The lowest BCUT2D eigenvalue weighted by molar-refractivity contribution is 0.0505. The molecule has 0 aliphatic carbocycles. The summed E-state index contributed by atoms with van der Waals surface area (Å²) < 4.78 is 5.19. The van der Waals surface area contributed by atoms with Gasteiger partial charge in [0.05, 0.1) is 17.7 Å². The van der Waals surface area contributed by atoms with Gasteiger partial charge in [0.2, 0.25) is 0 Å². The van der Waals surface area contributed by atoms with Crippen LogP contribution in [0.15, 0.2) is 72.8 Å². The number of nitrogens with one attached hydrogen (secondary N) is 1. The Balaban J connectivity index is 1.66. The lowest BCUT2D eigenvalue weighted by Crippen LogP contribution is -2.06. The number of rotatable bonds is 6. The van der Waals surface area contributed by atoms with Crippen molar-refractivity contribution in [3.05, 3.63) is 83.9 Å². The first-order chi connectivity index (χ1) is 14.6. The molecule has 0 spiro atoms. The van der Waals surface area contributed by atoms with Gasteiger partial charge in [0.1, 0.15) is 5.82 Å². The summed E-state index contributed by atoms with van der Waals surface area (Å²) in [5.74, 6) is 1.07. The molecule has 4 aromatic rings. The third kappa shape index (κ3) is 4.30. The maximum Gasteiger partial charge on any atom is 0.338 e. The monoisotopic (exact) mass is 397 g/mol. The van der Waals surface area contributed by atoms with Crippen molar-refractivity contribution in [2.75, 3.05) is 11.9 Å². The van der Waals surface area contributed by atoms with Crippen molar-refractivity contribution in [1.29, 1.82) is 0 Å². The van der Waals surface area contributed by atoms with Crippen LogP contribution in [0.1, 0.15) is 29.3 Å². The predicted molar refractivity (Wildman–Crippen MR) is 120 cm³/mol. The average Bonchev–Trinajstić information content (AvgIpc) is 2.78. The summed E-state index contributed by atoms with van der Waals surface area (Å²) in [5.41, 5.74) is 4.38. The SMILES string of the molecule is CCCOC(=O)c1ccc(Nc2nc(-c3ccc(C)cc3)nc3ccccc23)cc1. The molecule has 0 radical (unpaired) electrons. The second-order valence-corrected chi connectivity index (χ2v) is 7.12. The molecule has 0 unspecified atom stereocenters. The predicted octanol–water partition coefficient (Wildman–Crippen LogP) is 5.92. The molecule has 3 aromatic carbocycles. The number of esters is 1. The Morgan fingerprint density at radius 2 is 1.67 bits per heavy atom. The van der Waals surface area contributed by atoms with Crippen molar-refractivity contribution in [2.24, 2.45) is 0 Å². The van der Waals surface area contributed by atoms with Crippen LogP contribution in [0.5, 0.6) is 0 Å². The van der Waals surface area contributed by atoms with E-state index in [2.05, 4.69) is 24.4 Å². The minimum absolute atomic E-state index is 0.308. The summed E-state index contributed by atoms with van der Waals surface area (Å²) in [6.07, 6.45) is 0.801. The zero-order valence-electron chi connectivity index (χ0n) is 17.1. The van der Waals surface area contributed by atoms with Crippen molar-refractivity contribution in [2.45, 2.75) is 20.3 Å². The molecular weight excluding hydrogens is 374 g/mol. The van der Waals surface area contributed by atoms with Gasteiger partial charge in [0.25, 0.3) is 0 Å². The molecule has 4 rings (SSSR count). The molecule has 1 heterocycles. The van der Waals surface area contributed by atoms with E-state index in [1.54, 1.807) is 12.1 Å². The second-order valence-electron chi connectivity index (χ2n) is 7.12. The molecule has 0 fully saturated rings. The molecule has 5 heteroatoms. The van der Waals surface area contributed by atoms with E-state index in [1.165, 1.54) is 5.56 Å². The van der Waals surface area contributed by atoms with E-state index in [1.807, 2.05) is 55.5 Å². The summed E-state index contributed by atoms with van der Waals surface area (Å²) in [6, 6.07) is 23.3.